The molecule has 0 saturated heterocycles. The van der Waals surface area contributed by atoms with Crippen molar-refractivity contribution in [2.75, 3.05) is 13.1 Å². The van der Waals surface area contributed by atoms with Crippen LogP contribution in [0, 0.1) is 5.92 Å². The predicted octanol–water partition coefficient (Wildman–Crippen LogP) is 1.42. The molecule has 5 nitrogen and oxygen atoms in total. The molecule has 1 rings (SSSR count). The zero-order chi connectivity index (χ0) is 15.0. The summed E-state index contributed by atoms with van der Waals surface area (Å²) in [4.78, 5) is 22.6. The number of carboxylic acids is 1. The third-order valence-corrected chi connectivity index (χ3v) is 3.23. The SMILES string of the molecule is CC(CN)CCC(=O)NCCc1ccccc1C(=O)O. The van der Waals surface area contributed by atoms with Crippen LogP contribution in [0.1, 0.15) is 35.7 Å². The maximum Gasteiger partial charge on any atom is 0.335 e. The molecule has 0 aliphatic heterocycles. The van der Waals surface area contributed by atoms with Gasteiger partial charge in [0.1, 0.15) is 0 Å². The Morgan fingerprint density at radius 3 is 2.70 bits per heavy atom. The summed E-state index contributed by atoms with van der Waals surface area (Å²) in [6.45, 7) is 3.04. The molecule has 0 fully saturated rings. The summed E-state index contributed by atoms with van der Waals surface area (Å²) >= 11 is 0. The number of benzene rings is 1. The van der Waals surface area contributed by atoms with Gasteiger partial charge in [-0.2, -0.15) is 0 Å². The number of hydrogen-bond acceptors (Lipinski definition) is 3. The lowest BCUT2D eigenvalue weighted by molar-refractivity contribution is -0.121. The van der Waals surface area contributed by atoms with E-state index in [-0.39, 0.29) is 5.91 Å². The van der Waals surface area contributed by atoms with E-state index < -0.39 is 5.97 Å². The summed E-state index contributed by atoms with van der Waals surface area (Å²) in [5.41, 5.74) is 6.51. The molecule has 4 N–H and O–H groups in total. The maximum absolute atomic E-state index is 11.6. The van der Waals surface area contributed by atoms with Gasteiger partial charge in [0.15, 0.2) is 0 Å². The fraction of sp³-hybridized carbons (Fsp3) is 0.467. The third kappa shape index (κ3) is 5.40. The van der Waals surface area contributed by atoms with E-state index in [0.29, 0.717) is 37.4 Å². The van der Waals surface area contributed by atoms with Gasteiger partial charge in [0.2, 0.25) is 5.91 Å². The smallest absolute Gasteiger partial charge is 0.335 e. The first-order chi connectivity index (χ1) is 9.54. The molecule has 0 heterocycles. The number of carbonyl (C=O) groups is 2. The van der Waals surface area contributed by atoms with E-state index in [9.17, 15) is 9.59 Å². The van der Waals surface area contributed by atoms with Crippen LogP contribution in [0.15, 0.2) is 24.3 Å². The number of rotatable bonds is 8. The molecule has 1 amide bonds. The van der Waals surface area contributed by atoms with Crippen molar-refractivity contribution in [3.63, 3.8) is 0 Å². The van der Waals surface area contributed by atoms with Crippen molar-refractivity contribution < 1.29 is 14.7 Å². The minimum Gasteiger partial charge on any atom is -0.478 e. The van der Waals surface area contributed by atoms with Gasteiger partial charge in [-0.3, -0.25) is 4.79 Å². The molecule has 110 valence electrons. The summed E-state index contributed by atoms with van der Waals surface area (Å²) in [7, 11) is 0. The van der Waals surface area contributed by atoms with Crippen LogP contribution in [0.2, 0.25) is 0 Å². The van der Waals surface area contributed by atoms with Crippen LogP contribution in [0.5, 0.6) is 0 Å². The first kappa shape index (κ1) is 16.2. The quantitative estimate of drug-likeness (QED) is 0.670. The van der Waals surface area contributed by atoms with Crippen LogP contribution in [0.4, 0.5) is 0 Å². The number of nitrogens with two attached hydrogens (primary N) is 1. The number of carboxylic acid groups (broad SMARTS) is 1. The van der Waals surface area contributed by atoms with Crippen molar-refractivity contribution in [2.45, 2.75) is 26.2 Å². The van der Waals surface area contributed by atoms with Gasteiger partial charge in [0, 0.05) is 13.0 Å². The summed E-state index contributed by atoms with van der Waals surface area (Å²) in [5, 5.41) is 11.9. The molecule has 5 heteroatoms. The van der Waals surface area contributed by atoms with Crippen molar-refractivity contribution in [2.24, 2.45) is 11.7 Å². The fourth-order valence-electron chi connectivity index (χ4n) is 1.87. The standard InChI is InChI=1S/C15H22N2O3/c1-11(10-16)6-7-14(18)17-9-8-12-4-2-3-5-13(12)15(19)20/h2-5,11H,6-10,16H2,1H3,(H,17,18)(H,19,20). The van der Waals surface area contributed by atoms with Gasteiger partial charge < -0.3 is 16.2 Å². The fourth-order valence-corrected chi connectivity index (χ4v) is 1.87. The highest BCUT2D eigenvalue weighted by Crippen LogP contribution is 2.09. The second kappa shape index (κ2) is 8.32. The molecular weight excluding hydrogens is 256 g/mol. The third-order valence-electron chi connectivity index (χ3n) is 3.23. The summed E-state index contributed by atoms with van der Waals surface area (Å²) < 4.78 is 0. The lowest BCUT2D eigenvalue weighted by Crippen LogP contribution is -2.26. The lowest BCUT2D eigenvalue weighted by atomic mass is 10.0. The average Bonchev–Trinajstić information content (AvgIpc) is 2.45. The Hall–Kier alpha value is -1.88. The predicted molar refractivity (Wildman–Crippen MR) is 77.6 cm³/mol. The van der Waals surface area contributed by atoms with Crippen LogP contribution in [0.25, 0.3) is 0 Å². The van der Waals surface area contributed by atoms with E-state index in [2.05, 4.69) is 5.32 Å². The number of amides is 1. The molecule has 0 bridgehead atoms. The molecule has 0 aliphatic rings. The Morgan fingerprint density at radius 2 is 2.05 bits per heavy atom. The van der Waals surface area contributed by atoms with E-state index in [0.717, 1.165) is 12.0 Å². The van der Waals surface area contributed by atoms with Crippen molar-refractivity contribution in [3.8, 4) is 0 Å². The average molecular weight is 278 g/mol. The minimum absolute atomic E-state index is 0.0156. The van der Waals surface area contributed by atoms with Crippen LogP contribution in [0.3, 0.4) is 0 Å². The maximum atomic E-state index is 11.6. The van der Waals surface area contributed by atoms with E-state index in [1.807, 2.05) is 6.92 Å². The van der Waals surface area contributed by atoms with Crippen LogP contribution >= 0.6 is 0 Å². The summed E-state index contributed by atoms with van der Waals surface area (Å²) in [5.74, 6) is -0.615. The monoisotopic (exact) mass is 278 g/mol. The molecular formula is C15H22N2O3. The van der Waals surface area contributed by atoms with Gasteiger partial charge in [-0.05, 0) is 36.9 Å². The Bertz CT molecular complexity index is 460. The summed E-state index contributed by atoms with van der Waals surface area (Å²) in [6.07, 6.45) is 1.74. The molecule has 0 aromatic heterocycles. The lowest BCUT2D eigenvalue weighted by Gasteiger charge is -2.09. The van der Waals surface area contributed by atoms with Crippen molar-refractivity contribution >= 4 is 11.9 Å². The molecule has 1 unspecified atom stereocenters. The number of nitrogens with one attached hydrogen (secondary N) is 1. The van der Waals surface area contributed by atoms with Crippen molar-refractivity contribution in [3.05, 3.63) is 35.4 Å². The van der Waals surface area contributed by atoms with Crippen LogP contribution in [-0.2, 0) is 11.2 Å². The highest BCUT2D eigenvalue weighted by Gasteiger charge is 2.09. The Labute approximate surface area is 119 Å². The molecule has 0 saturated carbocycles. The Kier molecular flexibility index (Phi) is 6.73. The minimum atomic E-state index is -0.941. The van der Waals surface area contributed by atoms with E-state index >= 15 is 0 Å². The molecule has 1 aromatic rings. The topological polar surface area (TPSA) is 92.4 Å². The number of aromatic carboxylic acids is 1. The highest BCUT2D eigenvalue weighted by atomic mass is 16.4. The second-order valence-corrected chi connectivity index (χ2v) is 4.94. The normalized spacial score (nSPS) is 11.9. The second-order valence-electron chi connectivity index (χ2n) is 4.94. The van der Waals surface area contributed by atoms with E-state index in [1.165, 1.54) is 0 Å². The van der Waals surface area contributed by atoms with Gasteiger partial charge in [0.25, 0.3) is 0 Å². The molecule has 0 radical (unpaired) electrons. The first-order valence-electron chi connectivity index (χ1n) is 6.82. The van der Waals surface area contributed by atoms with Crippen molar-refractivity contribution in [1.82, 2.24) is 5.32 Å². The van der Waals surface area contributed by atoms with Gasteiger partial charge in [-0.25, -0.2) is 4.79 Å². The van der Waals surface area contributed by atoms with E-state index in [4.69, 9.17) is 10.8 Å². The van der Waals surface area contributed by atoms with Crippen LogP contribution in [-0.4, -0.2) is 30.1 Å². The highest BCUT2D eigenvalue weighted by molar-refractivity contribution is 5.89. The van der Waals surface area contributed by atoms with E-state index in [1.54, 1.807) is 24.3 Å². The zero-order valence-electron chi connectivity index (χ0n) is 11.8. The zero-order valence-corrected chi connectivity index (χ0v) is 11.8. The molecule has 20 heavy (non-hydrogen) atoms. The number of carbonyl (C=O) groups excluding carboxylic acids is 1. The molecule has 1 aromatic carbocycles. The Balaban J connectivity index is 2.37. The molecule has 1 atom stereocenters. The Morgan fingerprint density at radius 1 is 1.35 bits per heavy atom. The van der Waals surface area contributed by atoms with Gasteiger partial charge in [-0.1, -0.05) is 25.1 Å². The van der Waals surface area contributed by atoms with Gasteiger partial charge >= 0.3 is 5.97 Å². The largest absolute Gasteiger partial charge is 0.478 e. The number of hydrogen-bond donors (Lipinski definition) is 3. The van der Waals surface area contributed by atoms with Crippen LogP contribution < -0.4 is 11.1 Å². The molecule has 0 aliphatic carbocycles. The van der Waals surface area contributed by atoms with Gasteiger partial charge in [-0.15, -0.1) is 0 Å². The van der Waals surface area contributed by atoms with Crippen molar-refractivity contribution in [1.29, 1.82) is 0 Å². The first-order valence-corrected chi connectivity index (χ1v) is 6.82. The summed E-state index contributed by atoms with van der Waals surface area (Å²) in [6, 6.07) is 6.83. The molecule has 0 spiro atoms. The van der Waals surface area contributed by atoms with Gasteiger partial charge in [0.05, 0.1) is 5.56 Å².